The number of guanidine groups is 1. The fourth-order valence-electron chi connectivity index (χ4n) is 1.67. The highest BCUT2D eigenvalue weighted by molar-refractivity contribution is 6.42. The smallest absolute Gasteiger partial charge is 0.211 e. The molecule has 0 saturated heterocycles. The summed E-state index contributed by atoms with van der Waals surface area (Å²) in [6.45, 7) is 0.313. The van der Waals surface area contributed by atoms with Crippen molar-refractivity contribution in [2.24, 2.45) is 21.7 Å². The fraction of sp³-hybridized carbons (Fsp3) is 0.0667. The highest BCUT2D eigenvalue weighted by Gasteiger charge is 2.05. The van der Waals surface area contributed by atoms with E-state index in [-0.39, 0.29) is 5.96 Å². The SMILES string of the molecule is NC(N)=N/N=C/c1cccc(OCc2cccc(Cl)c2Cl)c1. The normalized spacial score (nSPS) is 10.6. The van der Waals surface area contributed by atoms with Crippen LogP contribution in [0.25, 0.3) is 0 Å². The zero-order valence-corrected chi connectivity index (χ0v) is 13.1. The molecule has 4 N–H and O–H groups in total. The van der Waals surface area contributed by atoms with Gasteiger partial charge in [0, 0.05) is 5.56 Å². The van der Waals surface area contributed by atoms with E-state index in [0.29, 0.717) is 22.4 Å². The van der Waals surface area contributed by atoms with Crippen LogP contribution in [0.4, 0.5) is 0 Å². The van der Waals surface area contributed by atoms with Crippen molar-refractivity contribution in [3.63, 3.8) is 0 Å². The van der Waals surface area contributed by atoms with Gasteiger partial charge in [-0.25, -0.2) is 0 Å². The molecule has 2 aromatic carbocycles. The number of halogens is 2. The molecule has 0 amide bonds. The lowest BCUT2D eigenvalue weighted by Gasteiger charge is -2.09. The third-order valence-corrected chi connectivity index (χ3v) is 3.52. The zero-order valence-electron chi connectivity index (χ0n) is 11.5. The standard InChI is InChI=1S/C15H14Cl2N4O/c16-13-6-2-4-11(14(13)17)9-22-12-5-1-3-10(7-12)8-20-21-15(18)19/h1-8H,9H2,(H4,18,19,21)/b20-8+. The zero-order chi connectivity index (χ0) is 15.9. The summed E-state index contributed by atoms with van der Waals surface area (Å²) >= 11 is 12.1. The van der Waals surface area contributed by atoms with Gasteiger partial charge >= 0.3 is 0 Å². The molecular weight excluding hydrogens is 323 g/mol. The van der Waals surface area contributed by atoms with Crippen LogP contribution >= 0.6 is 23.2 Å². The van der Waals surface area contributed by atoms with Crippen molar-refractivity contribution in [3.05, 3.63) is 63.6 Å². The number of benzene rings is 2. The van der Waals surface area contributed by atoms with E-state index in [1.165, 1.54) is 6.21 Å². The van der Waals surface area contributed by atoms with Gasteiger partial charge < -0.3 is 16.2 Å². The molecule has 0 fully saturated rings. The van der Waals surface area contributed by atoms with E-state index in [1.807, 2.05) is 36.4 Å². The van der Waals surface area contributed by atoms with E-state index < -0.39 is 0 Å². The number of rotatable bonds is 5. The topological polar surface area (TPSA) is 86.0 Å². The first-order valence-electron chi connectivity index (χ1n) is 6.34. The van der Waals surface area contributed by atoms with Crippen LogP contribution in [0.1, 0.15) is 11.1 Å². The number of hydrogen-bond acceptors (Lipinski definition) is 3. The highest BCUT2D eigenvalue weighted by atomic mass is 35.5. The molecule has 0 saturated carbocycles. The van der Waals surface area contributed by atoms with Crippen LogP contribution in [0.5, 0.6) is 5.75 Å². The molecule has 114 valence electrons. The van der Waals surface area contributed by atoms with Crippen molar-refractivity contribution >= 4 is 35.4 Å². The van der Waals surface area contributed by atoms with Crippen LogP contribution in [-0.4, -0.2) is 12.2 Å². The quantitative estimate of drug-likeness (QED) is 0.499. The molecule has 0 aliphatic rings. The molecule has 0 bridgehead atoms. The molecule has 0 radical (unpaired) electrons. The van der Waals surface area contributed by atoms with Gasteiger partial charge in [-0.15, -0.1) is 5.10 Å². The minimum absolute atomic E-state index is 0.0979. The van der Waals surface area contributed by atoms with Crippen molar-refractivity contribution in [1.29, 1.82) is 0 Å². The first-order valence-corrected chi connectivity index (χ1v) is 7.09. The van der Waals surface area contributed by atoms with Gasteiger partial charge in [0.15, 0.2) is 0 Å². The van der Waals surface area contributed by atoms with Gasteiger partial charge in [-0.1, -0.05) is 47.5 Å². The van der Waals surface area contributed by atoms with Gasteiger partial charge in [-0.3, -0.25) is 0 Å². The molecular formula is C15H14Cl2N4O. The Labute approximate surface area is 138 Å². The summed E-state index contributed by atoms with van der Waals surface area (Å²) in [7, 11) is 0. The Balaban J connectivity index is 2.06. The fourth-order valence-corrected chi connectivity index (χ4v) is 2.04. The Morgan fingerprint density at radius 3 is 2.68 bits per heavy atom. The Kier molecular flexibility index (Phi) is 5.63. The van der Waals surface area contributed by atoms with Gasteiger partial charge in [0.2, 0.25) is 5.96 Å². The maximum atomic E-state index is 6.12. The van der Waals surface area contributed by atoms with Crippen molar-refractivity contribution in [3.8, 4) is 5.75 Å². The maximum Gasteiger partial charge on any atom is 0.211 e. The molecule has 7 heteroatoms. The van der Waals surface area contributed by atoms with Crippen molar-refractivity contribution < 1.29 is 4.74 Å². The summed E-state index contributed by atoms with van der Waals surface area (Å²) in [5, 5.41) is 8.27. The van der Waals surface area contributed by atoms with Crippen LogP contribution in [0.2, 0.25) is 10.0 Å². The largest absolute Gasteiger partial charge is 0.489 e. The first kappa shape index (κ1) is 16.1. The lowest BCUT2D eigenvalue weighted by atomic mass is 10.2. The van der Waals surface area contributed by atoms with Gasteiger partial charge in [-0.05, 0) is 23.8 Å². The van der Waals surface area contributed by atoms with E-state index in [4.69, 9.17) is 39.4 Å². The van der Waals surface area contributed by atoms with Crippen LogP contribution in [0, 0.1) is 0 Å². The molecule has 5 nitrogen and oxygen atoms in total. The average Bonchev–Trinajstić information content (AvgIpc) is 2.49. The second-order valence-electron chi connectivity index (χ2n) is 4.34. The Morgan fingerprint density at radius 1 is 1.14 bits per heavy atom. The number of nitrogens with two attached hydrogens (primary N) is 2. The van der Waals surface area contributed by atoms with Crippen LogP contribution in [0.15, 0.2) is 52.7 Å². The van der Waals surface area contributed by atoms with Gasteiger partial charge in [0.25, 0.3) is 0 Å². The molecule has 2 rings (SSSR count). The molecule has 0 aliphatic heterocycles. The summed E-state index contributed by atoms with van der Waals surface area (Å²) in [6.07, 6.45) is 1.53. The minimum atomic E-state index is -0.0979. The molecule has 0 aromatic heterocycles. The third-order valence-electron chi connectivity index (χ3n) is 2.66. The minimum Gasteiger partial charge on any atom is -0.489 e. The summed E-state index contributed by atoms with van der Waals surface area (Å²) in [4.78, 5) is 0. The highest BCUT2D eigenvalue weighted by Crippen LogP contribution is 2.26. The van der Waals surface area contributed by atoms with E-state index in [0.717, 1.165) is 11.1 Å². The van der Waals surface area contributed by atoms with Crippen LogP contribution in [-0.2, 0) is 6.61 Å². The molecule has 0 spiro atoms. The predicted molar refractivity (Wildman–Crippen MR) is 90.6 cm³/mol. The Hall–Kier alpha value is -2.24. The monoisotopic (exact) mass is 336 g/mol. The first-order chi connectivity index (χ1) is 10.6. The van der Waals surface area contributed by atoms with Crippen LogP contribution < -0.4 is 16.2 Å². The Morgan fingerprint density at radius 2 is 1.91 bits per heavy atom. The maximum absolute atomic E-state index is 6.12. The molecule has 0 aliphatic carbocycles. The molecule has 2 aromatic rings. The summed E-state index contributed by atoms with van der Waals surface area (Å²) < 4.78 is 5.71. The molecule has 0 atom stereocenters. The number of nitrogens with zero attached hydrogens (tertiary/aromatic N) is 2. The number of hydrogen-bond donors (Lipinski definition) is 2. The van der Waals surface area contributed by atoms with Gasteiger partial charge in [-0.2, -0.15) is 5.10 Å². The second kappa shape index (κ2) is 7.68. The van der Waals surface area contributed by atoms with E-state index in [1.54, 1.807) is 6.07 Å². The molecule has 22 heavy (non-hydrogen) atoms. The van der Waals surface area contributed by atoms with E-state index in [9.17, 15) is 0 Å². The van der Waals surface area contributed by atoms with Gasteiger partial charge in [0.1, 0.15) is 12.4 Å². The van der Waals surface area contributed by atoms with E-state index in [2.05, 4.69) is 10.2 Å². The number of ether oxygens (including phenoxy) is 1. The predicted octanol–water partition coefficient (Wildman–Crippen LogP) is 3.18. The molecule has 0 unspecified atom stereocenters. The lowest BCUT2D eigenvalue weighted by molar-refractivity contribution is 0.306. The second-order valence-corrected chi connectivity index (χ2v) is 5.13. The summed E-state index contributed by atoms with van der Waals surface area (Å²) in [5.74, 6) is 0.573. The van der Waals surface area contributed by atoms with Crippen molar-refractivity contribution in [1.82, 2.24) is 0 Å². The van der Waals surface area contributed by atoms with Crippen molar-refractivity contribution in [2.75, 3.05) is 0 Å². The summed E-state index contributed by atoms with van der Waals surface area (Å²) in [6, 6.07) is 12.7. The van der Waals surface area contributed by atoms with Crippen molar-refractivity contribution in [2.45, 2.75) is 6.61 Å². The van der Waals surface area contributed by atoms with E-state index >= 15 is 0 Å². The Bertz CT molecular complexity index is 712. The molecule has 0 heterocycles. The summed E-state index contributed by atoms with van der Waals surface area (Å²) in [5.41, 5.74) is 12.0. The third kappa shape index (κ3) is 4.65. The van der Waals surface area contributed by atoms with Crippen LogP contribution in [0.3, 0.4) is 0 Å². The lowest BCUT2D eigenvalue weighted by Crippen LogP contribution is -2.21. The average molecular weight is 337 g/mol. The van der Waals surface area contributed by atoms with Gasteiger partial charge in [0.05, 0.1) is 16.3 Å².